The van der Waals surface area contributed by atoms with E-state index in [2.05, 4.69) is 18.2 Å². The van der Waals surface area contributed by atoms with Crippen LogP contribution in [0.5, 0.6) is 0 Å². The predicted molar refractivity (Wildman–Crippen MR) is 135 cm³/mol. The van der Waals surface area contributed by atoms with Crippen molar-refractivity contribution in [2.45, 2.75) is 78.0 Å². The number of carbonyl (C=O) groups is 2. The van der Waals surface area contributed by atoms with E-state index in [9.17, 15) is 9.59 Å². The molecular weight excluding hydrogens is 432 g/mol. The van der Waals surface area contributed by atoms with Gasteiger partial charge in [-0.1, -0.05) is 13.2 Å². The van der Waals surface area contributed by atoms with E-state index in [1.165, 1.54) is 6.20 Å². The zero-order chi connectivity index (χ0) is 25.5. The van der Waals surface area contributed by atoms with Gasteiger partial charge >= 0.3 is 6.09 Å². The number of piperidine rings is 1. The summed E-state index contributed by atoms with van der Waals surface area (Å²) in [5.74, 6) is 0.576. The Morgan fingerprint density at radius 3 is 2.62 bits per heavy atom. The largest absolute Gasteiger partial charge is 0.444 e. The Morgan fingerprint density at radius 2 is 2.03 bits per heavy atom. The topological polar surface area (TPSA) is 74.7 Å². The Balaban J connectivity index is 2.25. The molecule has 2 rings (SSSR count). The summed E-state index contributed by atoms with van der Waals surface area (Å²) in [7, 11) is 1.68. The molecule has 0 bridgehead atoms. The number of methoxy groups -OCH3 is 1. The van der Waals surface area contributed by atoms with E-state index in [0.29, 0.717) is 43.3 Å². The number of aliphatic imine (C=N–C) groups is 1. The summed E-state index contributed by atoms with van der Waals surface area (Å²) in [5.41, 5.74) is 0.695. The summed E-state index contributed by atoms with van der Waals surface area (Å²) < 4.78 is 10.7. The van der Waals surface area contributed by atoms with Gasteiger partial charge < -0.3 is 24.2 Å². The Morgan fingerprint density at radius 1 is 1.32 bits per heavy atom. The molecule has 0 spiro atoms. The molecule has 0 N–H and O–H groups in total. The van der Waals surface area contributed by atoms with Crippen molar-refractivity contribution in [2.75, 3.05) is 33.4 Å². The summed E-state index contributed by atoms with van der Waals surface area (Å²) in [4.78, 5) is 36.6. The van der Waals surface area contributed by atoms with E-state index in [1.807, 2.05) is 50.5 Å². The number of ether oxygens (including phenoxy) is 2. The molecule has 2 heterocycles. The third kappa shape index (κ3) is 7.19. The Kier molecular flexibility index (Phi) is 9.91. The molecule has 0 saturated carbocycles. The molecular formula is C26H42N4O4. The molecule has 2 amide bonds. The second-order valence-corrected chi connectivity index (χ2v) is 10.1. The van der Waals surface area contributed by atoms with Gasteiger partial charge in [0.1, 0.15) is 17.1 Å². The molecule has 0 aliphatic carbocycles. The lowest BCUT2D eigenvalue weighted by molar-refractivity contribution is -0.133. The molecule has 0 aromatic heterocycles. The summed E-state index contributed by atoms with van der Waals surface area (Å²) in [6.07, 6.45) is 6.33. The van der Waals surface area contributed by atoms with Crippen LogP contribution in [0, 0.1) is 0 Å². The van der Waals surface area contributed by atoms with E-state index in [-0.39, 0.29) is 24.1 Å². The number of unbranched alkanes of at least 4 members (excludes halogenated alkanes) is 1. The summed E-state index contributed by atoms with van der Waals surface area (Å²) in [5, 5.41) is 0. The van der Waals surface area contributed by atoms with Gasteiger partial charge in [0.2, 0.25) is 0 Å². The van der Waals surface area contributed by atoms with Crippen LogP contribution in [0.1, 0.15) is 60.3 Å². The van der Waals surface area contributed by atoms with Gasteiger partial charge in [-0.15, -0.1) is 0 Å². The minimum absolute atomic E-state index is 0.0408. The van der Waals surface area contributed by atoms with Crippen molar-refractivity contribution >= 4 is 17.8 Å². The number of amidine groups is 1. The molecule has 8 nitrogen and oxygen atoms in total. The van der Waals surface area contributed by atoms with Crippen molar-refractivity contribution < 1.29 is 19.1 Å². The van der Waals surface area contributed by atoms with E-state index in [1.54, 1.807) is 12.0 Å². The first-order valence-corrected chi connectivity index (χ1v) is 12.2. The Labute approximate surface area is 205 Å². The number of rotatable bonds is 9. The second-order valence-electron chi connectivity index (χ2n) is 10.1. The first-order valence-electron chi connectivity index (χ1n) is 12.2. The number of carbonyl (C=O) groups excluding carboxylic acids is 2. The van der Waals surface area contributed by atoms with Gasteiger partial charge in [0.05, 0.1) is 6.04 Å². The maximum absolute atomic E-state index is 13.9. The minimum Gasteiger partial charge on any atom is -0.444 e. The molecule has 2 aliphatic rings. The molecule has 2 aliphatic heterocycles. The number of nitrogens with zero attached hydrogens (tertiary/aromatic N) is 4. The van der Waals surface area contributed by atoms with Gasteiger partial charge in [-0.3, -0.25) is 4.79 Å². The van der Waals surface area contributed by atoms with Crippen molar-refractivity contribution in [3.63, 3.8) is 0 Å². The van der Waals surface area contributed by atoms with Crippen molar-refractivity contribution in [2.24, 2.45) is 4.99 Å². The zero-order valence-electron chi connectivity index (χ0n) is 21.8. The van der Waals surface area contributed by atoms with Gasteiger partial charge in [-0.25, -0.2) is 9.79 Å². The normalized spacial score (nSPS) is 20.1. The maximum Gasteiger partial charge on any atom is 0.410 e. The molecule has 190 valence electrons. The molecule has 0 aromatic carbocycles. The van der Waals surface area contributed by atoms with Crippen LogP contribution in [-0.4, -0.2) is 83.6 Å². The first kappa shape index (κ1) is 27.6. The van der Waals surface area contributed by atoms with Gasteiger partial charge in [0, 0.05) is 51.2 Å². The fourth-order valence-electron chi connectivity index (χ4n) is 4.38. The van der Waals surface area contributed by atoms with Crippen molar-refractivity contribution in [3.05, 3.63) is 36.7 Å². The van der Waals surface area contributed by atoms with Crippen LogP contribution >= 0.6 is 0 Å². The molecule has 1 unspecified atom stereocenters. The number of hydrogen-bond acceptors (Lipinski definition) is 5. The molecule has 0 radical (unpaired) electrons. The van der Waals surface area contributed by atoms with E-state index in [0.717, 1.165) is 25.7 Å². The standard InChI is InChI=1S/C26H42N4O4/c1-9-27-23-20(4)17-22(29(23)15-10-11-16-33-8)24(31)30(19(2)3)21-13-12-14-28(18-21)25(32)34-26(5,6)7/h9,17,19,21H,1,4,10-16,18H2,2-3,5-8H3. The van der Waals surface area contributed by atoms with E-state index in [4.69, 9.17) is 9.47 Å². The van der Waals surface area contributed by atoms with E-state index >= 15 is 0 Å². The fraction of sp³-hybridized carbons (Fsp3) is 0.654. The second kappa shape index (κ2) is 12.2. The van der Waals surface area contributed by atoms with E-state index < -0.39 is 5.60 Å². The van der Waals surface area contributed by atoms with Gasteiger partial charge in [-0.2, -0.15) is 0 Å². The Bertz CT molecular complexity index is 825. The zero-order valence-corrected chi connectivity index (χ0v) is 21.8. The van der Waals surface area contributed by atoms with Gasteiger partial charge in [0.25, 0.3) is 5.91 Å². The predicted octanol–water partition coefficient (Wildman–Crippen LogP) is 4.35. The lowest BCUT2D eigenvalue weighted by Crippen LogP contribution is -2.55. The number of hydrogen-bond donors (Lipinski definition) is 0. The average Bonchev–Trinajstić information content (AvgIpc) is 3.06. The maximum atomic E-state index is 13.9. The lowest BCUT2D eigenvalue weighted by Gasteiger charge is -2.42. The smallest absolute Gasteiger partial charge is 0.410 e. The molecule has 1 saturated heterocycles. The summed E-state index contributed by atoms with van der Waals surface area (Å²) in [6.45, 7) is 19.8. The van der Waals surface area contributed by atoms with Crippen LogP contribution in [0.15, 0.2) is 41.7 Å². The van der Waals surface area contributed by atoms with Crippen LogP contribution < -0.4 is 0 Å². The van der Waals surface area contributed by atoms with Crippen molar-refractivity contribution in [3.8, 4) is 0 Å². The fourth-order valence-corrected chi connectivity index (χ4v) is 4.38. The van der Waals surface area contributed by atoms with Crippen LogP contribution in [-0.2, 0) is 14.3 Å². The highest BCUT2D eigenvalue weighted by Gasteiger charge is 2.38. The molecule has 1 fully saturated rings. The van der Waals surface area contributed by atoms with Crippen molar-refractivity contribution in [1.82, 2.24) is 14.7 Å². The van der Waals surface area contributed by atoms with Crippen LogP contribution in [0.25, 0.3) is 0 Å². The van der Waals surface area contributed by atoms with Gasteiger partial charge in [-0.05, 0) is 66.4 Å². The highest BCUT2D eigenvalue weighted by atomic mass is 16.6. The monoisotopic (exact) mass is 474 g/mol. The highest BCUT2D eigenvalue weighted by molar-refractivity contribution is 6.11. The molecule has 34 heavy (non-hydrogen) atoms. The van der Waals surface area contributed by atoms with Crippen LogP contribution in [0.4, 0.5) is 4.79 Å². The summed E-state index contributed by atoms with van der Waals surface area (Å²) >= 11 is 0. The number of likely N-dealkylation sites (tertiary alicyclic amines) is 1. The molecule has 0 aromatic rings. The third-order valence-electron chi connectivity index (χ3n) is 5.79. The Hall–Kier alpha value is -2.61. The number of amides is 2. The molecule has 1 atom stereocenters. The SMILES string of the molecule is C=CN=C1C(=C)C=C(C(=O)N(C(C)C)C2CCCN(C(=O)OC(C)(C)C)C2)N1CCCCOC. The van der Waals surface area contributed by atoms with Gasteiger partial charge in [0.15, 0.2) is 0 Å². The summed E-state index contributed by atoms with van der Waals surface area (Å²) in [6, 6.07) is -0.139. The van der Waals surface area contributed by atoms with Crippen molar-refractivity contribution in [1.29, 1.82) is 0 Å². The average molecular weight is 475 g/mol. The minimum atomic E-state index is -0.559. The van der Waals surface area contributed by atoms with Crippen LogP contribution in [0.3, 0.4) is 0 Å². The molecule has 8 heteroatoms. The highest BCUT2D eigenvalue weighted by Crippen LogP contribution is 2.28. The third-order valence-corrected chi connectivity index (χ3v) is 5.79. The quantitative estimate of drug-likeness (QED) is 0.465. The lowest BCUT2D eigenvalue weighted by atomic mass is 10.0. The first-order chi connectivity index (χ1) is 16.0. The van der Waals surface area contributed by atoms with Crippen LogP contribution in [0.2, 0.25) is 0 Å².